The normalized spacial score (nSPS) is 9.82. The second-order valence-electron chi connectivity index (χ2n) is 1.59. The van der Waals surface area contributed by atoms with Gasteiger partial charge in [0, 0.05) is 0 Å². The Bertz CT molecular complexity index is 270. The first-order valence-corrected chi connectivity index (χ1v) is 2.68. The molecule has 0 radical (unpaired) electrons. The molecule has 56 valence electrons. The average Bonchev–Trinajstić information content (AvgIpc) is 2.60. The fourth-order valence-corrected chi connectivity index (χ4v) is 0.509. The second-order valence-corrected chi connectivity index (χ2v) is 1.59. The van der Waals surface area contributed by atoms with Gasteiger partial charge in [-0.2, -0.15) is 0 Å². The Hall–Kier alpha value is -1.92. The van der Waals surface area contributed by atoms with E-state index in [2.05, 4.69) is 29.9 Å². The van der Waals surface area contributed by atoms with Gasteiger partial charge in [0.05, 0.1) is 0 Å². The SMILES string of the molecule is c1nonc1Oc1cnon1. The Kier molecular flexibility index (Phi) is 1.26. The molecular weight excluding hydrogens is 152 g/mol. The molecule has 0 unspecified atom stereocenters. The van der Waals surface area contributed by atoms with Gasteiger partial charge in [0.25, 0.3) is 11.8 Å². The first-order chi connectivity index (χ1) is 5.45. The maximum Gasteiger partial charge on any atom is 0.282 e. The third-order valence-corrected chi connectivity index (χ3v) is 0.891. The molecule has 0 aromatic carbocycles. The Morgan fingerprint density at radius 1 is 1.00 bits per heavy atom. The van der Waals surface area contributed by atoms with Crippen molar-refractivity contribution in [2.45, 2.75) is 0 Å². The van der Waals surface area contributed by atoms with Gasteiger partial charge in [-0.1, -0.05) is 10.3 Å². The molecule has 2 rings (SSSR count). The maximum atomic E-state index is 4.92. The summed E-state index contributed by atoms with van der Waals surface area (Å²) in [6, 6.07) is 0. The number of nitrogens with zero attached hydrogens (tertiary/aromatic N) is 4. The molecule has 0 bridgehead atoms. The zero-order valence-corrected chi connectivity index (χ0v) is 5.17. The van der Waals surface area contributed by atoms with E-state index in [0.29, 0.717) is 0 Å². The van der Waals surface area contributed by atoms with Crippen LogP contribution >= 0.6 is 0 Å². The van der Waals surface area contributed by atoms with Gasteiger partial charge < -0.3 is 4.74 Å². The van der Waals surface area contributed by atoms with Crippen LogP contribution < -0.4 is 4.74 Å². The Labute approximate surface area is 59.9 Å². The Morgan fingerprint density at radius 2 is 1.55 bits per heavy atom. The van der Waals surface area contributed by atoms with Crippen molar-refractivity contribution in [3.8, 4) is 11.8 Å². The van der Waals surface area contributed by atoms with E-state index in [0.717, 1.165) is 0 Å². The predicted octanol–water partition coefficient (Wildman–Crippen LogP) is 0.245. The molecule has 0 aliphatic heterocycles. The van der Waals surface area contributed by atoms with E-state index >= 15 is 0 Å². The summed E-state index contributed by atoms with van der Waals surface area (Å²) in [7, 11) is 0. The van der Waals surface area contributed by atoms with Crippen molar-refractivity contribution < 1.29 is 14.0 Å². The van der Waals surface area contributed by atoms with Gasteiger partial charge in [-0.25, -0.2) is 9.26 Å². The molecule has 7 nitrogen and oxygen atoms in total. The van der Waals surface area contributed by atoms with Crippen LogP contribution in [0.1, 0.15) is 0 Å². The van der Waals surface area contributed by atoms with Crippen LogP contribution in [0, 0.1) is 0 Å². The van der Waals surface area contributed by atoms with Crippen LogP contribution in [0.2, 0.25) is 0 Å². The van der Waals surface area contributed by atoms with Gasteiger partial charge in [0.2, 0.25) is 0 Å². The molecule has 0 atom stereocenters. The second kappa shape index (κ2) is 2.37. The van der Waals surface area contributed by atoms with Crippen LogP contribution in [0.4, 0.5) is 0 Å². The number of ether oxygens (including phenoxy) is 1. The van der Waals surface area contributed by atoms with E-state index in [4.69, 9.17) is 4.74 Å². The molecule has 0 aliphatic carbocycles. The molecule has 7 heteroatoms. The summed E-state index contributed by atoms with van der Waals surface area (Å²) >= 11 is 0. The molecule has 0 saturated heterocycles. The number of hydrogen-bond donors (Lipinski definition) is 0. The van der Waals surface area contributed by atoms with E-state index in [1.807, 2.05) is 0 Å². The summed E-state index contributed by atoms with van der Waals surface area (Å²) in [5, 5.41) is 13.4. The van der Waals surface area contributed by atoms with Crippen molar-refractivity contribution in [1.29, 1.82) is 0 Å². The minimum atomic E-state index is 0.209. The molecule has 0 aliphatic rings. The van der Waals surface area contributed by atoms with Gasteiger partial charge in [0.15, 0.2) is 0 Å². The molecular formula is C4H2N4O3. The summed E-state index contributed by atoms with van der Waals surface area (Å²) in [6.45, 7) is 0. The van der Waals surface area contributed by atoms with Crippen LogP contribution in [-0.4, -0.2) is 20.6 Å². The zero-order valence-electron chi connectivity index (χ0n) is 5.17. The molecule has 11 heavy (non-hydrogen) atoms. The van der Waals surface area contributed by atoms with Crippen LogP contribution in [0.25, 0.3) is 0 Å². The first kappa shape index (κ1) is 5.83. The highest BCUT2D eigenvalue weighted by molar-refractivity contribution is 5.08. The molecule has 0 fully saturated rings. The quantitative estimate of drug-likeness (QED) is 0.612. The summed E-state index contributed by atoms with van der Waals surface area (Å²) in [5.41, 5.74) is 0. The number of hydrogen-bond acceptors (Lipinski definition) is 7. The maximum absolute atomic E-state index is 4.92. The molecule has 2 aromatic heterocycles. The van der Waals surface area contributed by atoms with Gasteiger partial charge in [-0.05, 0) is 10.3 Å². The fourth-order valence-electron chi connectivity index (χ4n) is 0.509. The van der Waals surface area contributed by atoms with Crippen molar-refractivity contribution in [2.24, 2.45) is 0 Å². The summed E-state index contributed by atoms with van der Waals surface area (Å²) in [6.07, 6.45) is 2.60. The Balaban J connectivity index is 2.14. The lowest BCUT2D eigenvalue weighted by Gasteiger charge is -1.88. The smallest absolute Gasteiger partial charge is 0.282 e. The van der Waals surface area contributed by atoms with Crippen LogP contribution in [0.3, 0.4) is 0 Å². The molecule has 0 N–H and O–H groups in total. The standard InChI is InChI=1S/C4H2N4O3/c1-3(7-10-5-1)9-4-2-6-11-8-4/h1-2H. The van der Waals surface area contributed by atoms with Gasteiger partial charge in [-0.3, -0.25) is 0 Å². The third kappa shape index (κ3) is 1.16. The average molecular weight is 154 g/mol. The highest BCUT2D eigenvalue weighted by Crippen LogP contribution is 2.12. The molecule has 0 saturated carbocycles. The van der Waals surface area contributed by atoms with E-state index < -0.39 is 0 Å². The van der Waals surface area contributed by atoms with Crippen molar-refractivity contribution >= 4 is 0 Å². The highest BCUT2D eigenvalue weighted by Gasteiger charge is 2.03. The van der Waals surface area contributed by atoms with Crippen LogP contribution in [-0.2, 0) is 0 Å². The lowest BCUT2D eigenvalue weighted by Crippen LogP contribution is -1.82. The van der Waals surface area contributed by atoms with Crippen LogP contribution in [0.15, 0.2) is 21.7 Å². The highest BCUT2D eigenvalue weighted by atomic mass is 16.6. The Morgan fingerprint density at radius 3 is 1.91 bits per heavy atom. The largest absolute Gasteiger partial charge is 0.411 e. The van der Waals surface area contributed by atoms with E-state index in [1.54, 1.807) is 0 Å². The molecule has 0 amide bonds. The van der Waals surface area contributed by atoms with Gasteiger partial charge in [-0.15, -0.1) is 0 Å². The lowest BCUT2D eigenvalue weighted by molar-refractivity contribution is 0.272. The minimum absolute atomic E-state index is 0.209. The number of aromatic nitrogens is 4. The molecule has 2 aromatic rings. The lowest BCUT2D eigenvalue weighted by atomic mass is 10.8. The first-order valence-electron chi connectivity index (χ1n) is 2.68. The predicted molar refractivity (Wildman–Crippen MR) is 28.7 cm³/mol. The topological polar surface area (TPSA) is 87.1 Å². The molecule has 2 heterocycles. The summed E-state index contributed by atoms with van der Waals surface area (Å²) < 4.78 is 13.4. The minimum Gasteiger partial charge on any atom is -0.411 e. The van der Waals surface area contributed by atoms with Crippen molar-refractivity contribution in [1.82, 2.24) is 20.6 Å². The third-order valence-electron chi connectivity index (χ3n) is 0.891. The summed E-state index contributed by atoms with van der Waals surface area (Å²) in [4.78, 5) is 0. The zero-order chi connectivity index (χ0) is 7.52. The van der Waals surface area contributed by atoms with Gasteiger partial charge in [0.1, 0.15) is 12.4 Å². The van der Waals surface area contributed by atoms with E-state index in [9.17, 15) is 0 Å². The van der Waals surface area contributed by atoms with Crippen molar-refractivity contribution in [2.75, 3.05) is 0 Å². The van der Waals surface area contributed by atoms with Gasteiger partial charge >= 0.3 is 0 Å². The summed E-state index contributed by atoms with van der Waals surface area (Å²) in [5.74, 6) is 0.418. The van der Waals surface area contributed by atoms with Crippen LogP contribution in [0.5, 0.6) is 11.8 Å². The number of rotatable bonds is 2. The van der Waals surface area contributed by atoms with E-state index in [-0.39, 0.29) is 11.8 Å². The van der Waals surface area contributed by atoms with Crippen molar-refractivity contribution in [3.63, 3.8) is 0 Å². The van der Waals surface area contributed by atoms with E-state index in [1.165, 1.54) is 12.4 Å². The monoisotopic (exact) mass is 154 g/mol. The van der Waals surface area contributed by atoms with Crippen molar-refractivity contribution in [3.05, 3.63) is 12.4 Å². The molecule has 0 spiro atoms. The fraction of sp³-hybridized carbons (Fsp3) is 0.